The van der Waals surface area contributed by atoms with Crippen molar-refractivity contribution < 1.29 is 9.53 Å². The van der Waals surface area contributed by atoms with E-state index in [1.54, 1.807) is 0 Å². The van der Waals surface area contributed by atoms with Crippen LogP contribution in [0.2, 0.25) is 0 Å². The molecule has 1 saturated carbocycles. The molecule has 0 bridgehead atoms. The Morgan fingerprint density at radius 1 is 0.914 bits per heavy atom. The fourth-order valence-corrected chi connectivity index (χ4v) is 6.24. The van der Waals surface area contributed by atoms with E-state index in [0.29, 0.717) is 12.1 Å². The molecule has 5 rings (SSSR count). The zero-order valence-corrected chi connectivity index (χ0v) is 23.2. The molecule has 1 aromatic rings. The summed E-state index contributed by atoms with van der Waals surface area (Å²) in [4.78, 5) is 22.2. The average molecular weight is 528 g/mol. The molecule has 0 unspecified atom stereocenters. The number of rotatable bonds is 7. The van der Waals surface area contributed by atoms with Crippen LogP contribution in [0.15, 0.2) is 18.2 Å². The lowest BCUT2D eigenvalue weighted by molar-refractivity contribution is 0.138. The molecule has 4 aliphatic rings. The molecule has 198 valence electrons. The summed E-state index contributed by atoms with van der Waals surface area (Å²) >= 11 is 0. The number of hydrogen-bond acceptors (Lipinski definition) is 4. The molecular formula is C27H44Cl2N4O2. The standard InChI is InChI=1S/C27H42N4O2.2ClH/c1-27(2)21-22-9-8-12-24(25(22)33-27)29-17-15-28(16-18-29)13-6-7-14-30-19-20-31(26(30)32)23-10-4-3-5-11-23;;/h8-9,12,23H,3-7,10-11,13-21H2,1-2H3;2*1H. The van der Waals surface area contributed by atoms with Crippen LogP contribution in [0.5, 0.6) is 5.75 Å². The van der Waals surface area contributed by atoms with Crippen LogP contribution < -0.4 is 9.64 Å². The first-order valence-electron chi connectivity index (χ1n) is 13.3. The maximum absolute atomic E-state index is 12.8. The Hall–Kier alpha value is -1.37. The largest absolute Gasteiger partial charge is 0.485 e. The first-order valence-corrected chi connectivity index (χ1v) is 13.3. The third-order valence-electron chi connectivity index (χ3n) is 8.08. The monoisotopic (exact) mass is 526 g/mol. The van der Waals surface area contributed by atoms with Gasteiger partial charge >= 0.3 is 6.03 Å². The minimum Gasteiger partial charge on any atom is -0.485 e. The van der Waals surface area contributed by atoms with Gasteiger partial charge in [0.05, 0.1) is 5.69 Å². The van der Waals surface area contributed by atoms with Crippen molar-refractivity contribution >= 4 is 36.5 Å². The number of hydrogen-bond donors (Lipinski definition) is 0. The Balaban J connectivity index is 0.00000171. The van der Waals surface area contributed by atoms with Gasteiger partial charge in [0.1, 0.15) is 11.4 Å². The number of ether oxygens (including phenoxy) is 1. The molecule has 0 N–H and O–H groups in total. The van der Waals surface area contributed by atoms with Crippen molar-refractivity contribution in [2.45, 2.75) is 76.9 Å². The molecule has 0 atom stereocenters. The lowest BCUT2D eigenvalue weighted by Gasteiger charge is -2.37. The summed E-state index contributed by atoms with van der Waals surface area (Å²) in [7, 11) is 0. The summed E-state index contributed by atoms with van der Waals surface area (Å²) in [5, 5.41) is 0. The van der Waals surface area contributed by atoms with Gasteiger partial charge in [0.2, 0.25) is 0 Å². The highest BCUT2D eigenvalue weighted by molar-refractivity contribution is 5.85. The zero-order chi connectivity index (χ0) is 22.8. The molecule has 8 heteroatoms. The van der Waals surface area contributed by atoms with Gasteiger partial charge < -0.3 is 19.4 Å². The number of para-hydroxylation sites is 1. The van der Waals surface area contributed by atoms with Crippen LogP contribution in [-0.4, -0.2) is 84.7 Å². The predicted molar refractivity (Wildman–Crippen MR) is 148 cm³/mol. The van der Waals surface area contributed by atoms with Crippen LogP contribution >= 0.6 is 24.8 Å². The van der Waals surface area contributed by atoms with Crippen molar-refractivity contribution in [2.75, 3.05) is 57.3 Å². The average Bonchev–Trinajstić information content (AvgIpc) is 3.35. The SMILES string of the molecule is CC1(C)Cc2cccc(N3CCN(CCCCN4CCN(C5CCCCC5)C4=O)CC3)c2O1.Cl.Cl. The van der Waals surface area contributed by atoms with Gasteiger partial charge in [-0.2, -0.15) is 0 Å². The van der Waals surface area contributed by atoms with E-state index in [9.17, 15) is 4.79 Å². The van der Waals surface area contributed by atoms with Gasteiger partial charge in [-0.3, -0.25) is 4.90 Å². The predicted octanol–water partition coefficient (Wildman–Crippen LogP) is 5.22. The molecule has 1 aromatic carbocycles. The number of carbonyl (C=O) groups is 1. The molecule has 3 aliphatic heterocycles. The Morgan fingerprint density at radius 3 is 2.37 bits per heavy atom. The molecule has 2 saturated heterocycles. The molecule has 0 aromatic heterocycles. The fourth-order valence-electron chi connectivity index (χ4n) is 6.24. The van der Waals surface area contributed by atoms with Gasteiger partial charge in [0.15, 0.2) is 0 Å². The van der Waals surface area contributed by atoms with E-state index in [0.717, 1.165) is 70.9 Å². The first kappa shape index (κ1) is 28.2. The summed E-state index contributed by atoms with van der Waals surface area (Å²) in [6.07, 6.45) is 9.62. The van der Waals surface area contributed by atoms with E-state index in [2.05, 4.69) is 51.6 Å². The zero-order valence-electron chi connectivity index (χ0n) is 21.5. The number of piperazine rings is 1. The van der Waals surface area contributed by atoms with Crippen LogP contribution in [-0.2, 0) is 6.42 Å². The van der Waals surface area contributed by atoms with E-state index in [1.165, 1.54) is 49.8 Å². The minimum absolute atomic E-state index is 0. The van der Waals surface area contributed by atoms with E-state index < -0.39 is 0 Å². The van der Waals surface area contributed by atoms with Crippen molar-refractivity contribution in [1.29, 1.82) is 0 Å². The number of amides is 2. The van der Waals surface area contributed by atoms with E-state index in [1.807, 2.05) is 0 Å². The van der Waals surface area contributed by atoms with Crippen molar-refractivity contribution in [1.82, 2.24) is 14.7 Å². The molecule has 3 heterocycles. The maximum Gasteiger partial charge on any atom is 0.320 e. The molecule has 0 spiro atoms. The quantitative estimate of drug-likeness (QED) is 0.456. The van der Waals surface area contributed by atoms with Gasteiger partial charge in [0, 0.05) is 63.8 Å². The second-order valence-corrected chi connectivity index (χ2v) is 11.1. The number of halogens is 2. The molecular weight excluding hydrogens is 483 g/mol. The van der Waals surface area contributed by atoms with Gasteiger partial charge in [-0.05, 0) is 52.1 Å². The summed E-state index contributed by atoms with van der Waals surface area (Å²) in [6.45, 7) is 12.6. The van der Waals surface area contributed by atoms with Gasteiger partial charge in [-0.1, -0.05) is 31.4 Å². The lowest BCUT2D eigenvalue weighted by atomic mass is 9.94. The number of nitrogens with zero attached hydrogens (tertiary/aromatic N) is 4. The van der Waals surface area contributed by atoms with Crippen molar-refractivity contribution in [3.8, 4) is 5.75 Å². The van der Waals surface area contributed by atoms with Crippen molar-refractivity contribution in [3.63, 3.8) is 0 Å². The first-order chi connectivity index (χ1) is 16.0. The summed E-state index contributed by atoms with van der Waals surface area (Å²) in [5.41, 5.74) is 2.52. The lowest BCUT2D eigenvalue weighted by Crippen LogP contribution is -2.46. The number of unbranched alkanes of at least 4 members (excludes halogenated alkanes) is 1. The van der Waals surface area contributed by atoms with Crippen molar-refractivity contribution in [3.05, 3.63) is 23.8 Å². The summed E-state index contributed by atoms with van der Waals surface area (Å²) in [5.74, 6) is 1.11. The minimum atomic E-state index is -0.0928. The third-order valence-corrected chi connectivity index (χ3v) is 8.08. The summed E-state index contributed by atoms with van der Waals surface area (Å²) in [6, 6.07) is 7.43. The molecule has 0 radical (unpaired) electrons. The van der Waals surface area contributed by atoms with Crippen LogP contribution in [0.25, 0.3) is 0 Å². The number of anilines is 1. The second-order valence-electron chi connectivity index (χ2n) is 11.1. The van der Waals surface area contributed by atoms with Crippen LogP contribution in [0, 0.1) is 0 Å². The fraction of sp³-hybridized carbons (Fsp3) is 0.741. The topological polar surface area (TPSA) is 39.3 Å². The highest BCUT2D eigenvalue weighted by Crippen LogP contribution is 2.42. The van der Waals surface area contributed by atoms with Crippen molar-refractivity contribution in [2.24, 2.45) is 0 Å². The van der Waals surface area contributed by atoms with Crippen LogP contribution in [0.4, 0.5) is 10.5 Å². The Morgan fingerprint density at radius 2 is 1.63 bits per heavy atom. The van der Waals surface area contributed by atoms with E-state index >= 15 is 0 Å². The number of benzene rings is 1. The van der Waals surface area contributed by atoms with Gasteiger partial charge in [0.25, 0.3) is 0 Å². The molecule has 2 amide bonds. The highest BCUT2D eigenvalue weighted by Gasteiger charge is 2.34. The third kappa shape index (κ3) is 6.50. The van der Waals surface area contributed by atoms with Gasteiger partial charge in [-0.25, -0.2) is 4.79 Å². The Labute approximate surface area is 224 Å². The second kappa shape index (κ2) is 12.2. The molecule has 3 fully saturated rings. The number of carbonyl (C=O) groups excluding carboxylic acids is 1. The number of fused-ring (bicyclic) bond motifs is 1. The molecule has 35 heavy (non-hydrogen) atoms. The molecule has 1 aliphatic carbocycles. The Kier molecular flexibility index (Phi) is 9.87. The summed E-state index contributed by atoms with van der Waals surface area (Å²) < 4.78 is 6.30. The van der Waals surface area contributed by atoms with Crippen LogP contribution in [0.1, 0.15) is 64.4 Å². The maximum atomic E-state index is 12.8. The number of urea groups is 1. The smallest absolute Gasteiger partial charge is 0.320 e. The van der Waals surface area contributed by atoms with Gasteiger partial charge in [-0.15, -0.1) is 24.8 Å². The molecule has 6 nitrogen and oxygen atoms in total. The Bertz CT molecular complexity index is 838. The van der Waals surface area contributed by atoms with E-state index in [-0.39, 0.29) is 30.4 Å². The van der Waals surface area contributed by atoms with Crippen LogP contribution in [0.3, 0.4) is 0 Å². The highest BCUT2D eigenvalue weighted by atomic mass is 35.5. The van der Waals surface area contributed by atoms with E-state index in [4.69, 9.17) is 4.74 Å². The normalized spacial score (nSPS) is 22.5.